The summed E-state index contributed by atoms with van der Waals surface area (Å²) in [6.07, 6.45) is 0.980. The SMILES string of the molecule is OC(O)c1[nH]cc[n+]1O.[Cl-]. The van der Waals surface area contributed by atoms with Crippen LogP contribution in [0.25, 0.3) is 0 Å². The molecule has 0 fully saturated rings. The summed E-state index contributed by atoms with van der Waals surface area (Å²) in [5.41, 5.74) is 0. The number of aromatic amines is 1. The maximum Gasteiger partial charge on any atom is 0.350 e. The van der Waals surface area contributed by atoms with Gasteiger partial charge in [0.1, 0.15) is 6.20 Å². The Morgan fingerprint density at radius 3 is 2.30 bits per heavy atom. The zero-order valence-corrected chi connectivity index (χ0v) is 5.65. The van der Waals surface area contributed by atoms with Gasteiger partial charge in [0.05, 0.1) is 0 Å². The smallest absolute Gasteiger partial charge is 0.350 e. The van der Waals surface area contributed by atoms with Crippen LogP contribution in [-0.4, -0.2) is 20.4 Å². The van der Waals surface area contributed by atoms with E-state index >= 15 is 0 Å². The lowest BCUT2D eigenvalue weighted by molar-refractivity contribution is -0.912. The van der Waals surface area contributed by atoms with Gasteiger partial charge in [0.2, 0.25) is 0 Å². The molecule has 0 unspecified atom stereocenters. The molecule has 0 aromatic carbocycles. The van der Waals surface area contributed by atoms with Gasteiger partial charge in [-0.25, -0.2) is 4.98 Å². The maximum atomic E-state index is 8.69. The molecule has 1 rings (SSSR count). The normalized spacial score (nSPS) is 9.50. The third kappa shape index (κ3) is 1.60. The summed E-state index contributed by atoms with van der Waals surface area (Å²) >= 11 is 0. The van der Waals surface area contributed by atoms with Crippen molar-refractivity contribution < 1.29 is 32.6 Å². The Morgan fingerprint density at radius 1 is 1.50 bits per heavy atom. The highest BCUT2D eigenvalue weighted by atomic mass is 35.5. The summed E-state index contributed by atoms with van der Waals surface area (Å²) in [6, 6.07) is 0. The lowest BCUT2D eigenvalue weighted by Gasteiger charge is -1.91. The number of hydrogen-bond donors (Lipinski definition) is 4. The number of hydrogen-bond acceptors (Lipinski definition) is 3. The Bertz CT molecular complexity index is 200. The van der Waals surface area contributed by atoms with E-state index in [-0.39, 0.29) is 18.2 Å². The molecule has 0 amide bonds. The minimum Gasteiger partial charge on any atom is -1.00 e. The summed E-state index contributed by atoms with van der Waals surface area (Å²) < 4.78 is 0.602. The predicted octanol–water partition coefficient (Wildman–Crippen LogP) is -4.47. The minimum absolute atomic E-state index is 0. The fourth-order valence-electron chi connectivity index (χ4n) is 0.533. The molecule has 4 N–H and O–H groups in total. The topological polar surface area (TPSA) is 80.4 Å². The number of imidazole rings is 1. The Balaban J connectivity index is 0.000000810. The lowest BCUT2D eigenvalue weighted by atomic mass is 10.6. The van der Waals surface area contributed by atoms with Crippen LogP contribution in [0.1, 0.15) is 12.1 Å². The lowest BCUT2D eigenvalue weighted by Crippen LogP contribution is -3.00. The number of rotatable bonds is 1. The molecular weight excluding hydrogens is 160 g/mol. The van der Waals surface area contributed by atoms with E-state index in [1.54, 1.807) is 0 Å². The number of nitrogens with zero attached hydrogens (tertiary/aromatic N) is 1. The first-order valence-electron chi connectivity index (χ1n) is 2.36. The van der Waals surface area contributed by atoms with Crippen molar-refractivity contribution in [3.63, 3.8) is 0 Å². The molecule has 0 radical (unpaired) electrons. The number of halogens is 1. The quantitative estimate of drug-likeness (QED) is 0.193. The Hall–Kier alpha value is -0.780. The second-order valence-corrected chi connectivity index (χ2v) is 1.56. The third-order valence-corrected chi connectivity index (χ3v) is 0.938. The summed E-state index contributed by atoms with van der Waals surface area (Å²) in [7, 11) is 0. The van der Waals surface area contributed by atoms with Gasteiger partial charge < -0.3 is 27.8 Å². The number of nitrogens with one attached hydrogen (secondary N) is 1. The molecule has 1 heterocycles. The zero-order chi connectivity index (χ0) is 6.85. The standard InChI is InChI=1S/C4H6N2O3.ClH/c7-4(8)3-5-1-2-6(3)9;/h1-2,4,7-9H;1H. The van der Waals surface area contributed by atoms with E-state index in [1.165, 1.54) is 12.4 Å². The van der Waals surface area contributed by atoms with E-state index in [0.717, 1.165) is 0 Å². The van der Waals surface area contributed by atoms with E-state index in [1.807, 2.05) is 0 Å². The largest absolute Gasteiger partial charge is 1.00 e. The van der Waals surface area contributed by atoms with Gasteiger partial charge >= 0.3 is 5.82 Å². The van der Waals surface area contributed by atoms with Crippen molar-refractivity contribution in [3.05, 3.63) is 18.2 Å². The van der Waals surface area contributed by atoms with Crippen molar-refractivity contribution in [2.45, 2.75) is 6.29 Å². The molecule has 0 aliphatic carbocycles. The molecule has 0 spiro atoms. The van der Waals surface area contributed by atoms with Crippen LogP contribution in [0, 0.1) is 0 Å². The molecule has 0 aliphatic rings. The van der Waals surface area contributed by atoms with Crippen molar-refractivity contribution in [2.75, 3.05) is 0 Å². The number of H-pyrrole nitrogens is 1. The van der Waals surface area contributed by atoms with Crippen LogP contribution in [0.2, 0.25) is 0 Å². The van der Waals surface area contributed by atoms with Crippen molar-refractivity contribution in [1.82, 2.24) is 4.98 Å². The van der Waals surface area contributed by atoms with Gasteiger partial charge in [0.15, 0.2) is 6.20 Å². The van der Waals surface area contributed by atoms with Gasteiger partial charge in [-0.05, 0) is 4.73 Å². The molecule has 10 heavy (non-hydrogen) atoms. The monoisotopic (exact) mass is 166 g/mol. The second kappa shape index (κ2) is 3.40. The molecule has 58 valence electrons. The Morgan fingerprint density at radius 2 is 2.10 bits per heavy atom. The fourth-order valence-corrected chi connectivity index (χ4v) is 0.533. The highest BCUT2D eigenvalue weighted by Gasteiger charge is 2.16. The summed E-state index contributed by atoms with van der Waals surface area (Å²) in [4.78, 5) is 2.42. The maximum absolute atomic E-state index is 8.69. The fraction of sp³-hybridized carbons (Fsp3) is 0.250. The highest BCUT2D eigenvalue weighted by molar-refractivity contribution is 4.75. The molecule has 5 nitrogen and oxygen atoms in total. The number of aliphatic hydroxyl groups is 2. The highest BCUT2D eigenvalue weighted by Crippen LogP contribution is 1.96. The molecule has 0 saturated heterocycles. The zero-order valence-electron chi connectivity index (χ0n) is 4.90. The predicted molar refractivity (Wildman–Crippen MR) is 25.4 cm³/mol. The van der Waals surface area contributed by atoms with Crippen LogP contribution in [0.3, 0.4) is 0 Å². The van der Waals surface area contributed by atoms with Crippen molar-refractivity contribution in [1.29, 1.82) is 0 Å². The van der Waals surface area contributed by atoms with Gasteiger partial charge in [-0.2, -0.15) is 0 Å². The Kier molecular flexibility index (Phi) is 3.14. The van der Waals surface area contributed by atoms with Gasteiger partial charge in [0, 0.05) is 0 Å². The first-order valence-corrected chi connectivity index (χ1v) is 2.36. The summed E-state index contributed by atoms with van der Waals surface area (Å²) in [5, 5.41) is 25.6. The van der Waals surface area contributed by atoms with E-state index in [2.05, 4.69) is 4.98 Å². The van der Waals surface area contributed by atoms with E-state index in [0.29, 0.717) is 4.73 Å². The van der Waals surface area contributed by atoms with Crippen LogP contribution in [0.4, 0.5) is 0 Å². The Labute approximate surface area is 62.9 Å². The van der Waals surface area contributed by atoms with E-state index in [4.69, 9.17) is 15.4 Å². The van der Waals surface area contributed by atoms with Crippen molar-refractivity contribution >= 4 is 0 Å². The molecule has 1 aromatic heterocycles. The van der Waals surface area contributed by atoms with Crippen LogP contribution in [0.5, 0.6) is 0 Å². The van der Waals surface area contributed by atoms with E-state index in [9.17, 15) is 0 Å². The average Bonchev–Trinajstić information content (AvgIpc) is 2.13. The van der Waals surface area contributed by atoms with Gasteiger partial charge in [0.25, 0.3) is 6.29 Å². The van der Waals surface area contributed by atoms with Crippen LogP contribution in [-0.2, 0) is 0 Å². The molecule has 1 aromatic rings. The number of aromatic nitrogens is 2. The summed E-state index contributed by atoms with van der Waals surface area (Å²) in [5.74, 6) is -0.0602. The second-order valence-electron chi connectivity index (χ2n) is 1.56. The third-order valence-electron chi connectivity index (χ3n) is 0.938. The molecule has 0 bridgehead atoms. The molecule has 0 saturated carbocycles. The first-order chi connectivity index (χ1) is 4.22. The van der Waals surface area contributed by atoms with Gasteiger partial charge in [-0.1, -0.05) is 0 Å². The minimum atomic E-state index is -1.66. The molecule has 0 aliphatic heterocycles. The van der Waals surface area contributed by atoms with Crippen LogP contribution < -0.4 is 17.1 Å². The van der Waals surface area contributed by atoms with Gasteiger partial charge in [-0.3, -0.25) is 0 Å². The molecular formula is C4H7ClN2O3. The molecule has 6 heteroatoms. The van der Waals surface area contributed by atoms with E-state index < -0.39 is 6.29 Å². The van der Waals surface area contributed by atoms with Crippen molar-refractivity contribution in [2.24, 2.45) is 0 Å². The van der Waals surface area contributed by atoms with Gasteiger partial charge in [-0.15, -0.1) is 0 Å². The van der Waals surface area contributed by atoms with Crippen molar-refractivity contribution in [3.8, 4) is 0 Å². The first kappa shape index (κ1) is 9.22. The van der Waals surface area contributed by atoms with Crippen LogP contribution in [0.15, 0.2) is 12.4 Å². The molecule has 0 atom stereocenters. The summed E-state index contributed by atoms with van der Waals surface area (Å²) in [6.45, 7) is 0. The number of aliphatic hydroxyl groups excluding tert-OH is 1. The average molecular weight is 167 g/mol. The van der Waals surface area contributed by atoms with Crippen LogP contribution >= 0.6 is 0 Å².